The lowest BCUT2D eigenvalue weighted by Crippen LogP contribution is -1.73. The Morgan fingerprint density at radius 2 is 2.00 bits per heavy atom. The number of hydrogen-bond acceptors (Lipinski definition) is 3. The molecule has 2 rings (SSSR count). The quantitative estimate of drug-likeness (QED) is 0.756. The van der Waals surface area contributed by atoms with Crippen LogP contribution in [-0.2, 0) is 0 Å². The molecule has 2 nitrogen and oxygen atoms in total. The number of hydrogen-bond donors (Lipinski definition) is 1. The van der Waals surface area contributed by atoms with Crippen LogP contribution in [0.3, 0.4) is 0 Å². The molecule has 4 heteroatoms. The van der Waals surface area contributed by atoms with Gasteiger partial charge in [-0.2, -0.15) is 4.39 Å². The van der Waals surface area contributed by atoms with Crippen LogP contribution in [0.2, 0.25) is 0 Å². The summed E-state index contributed by atoms with van der Waals surface area (Å²) in [6.07, 6.45) is 2.22. The van der Waals surface area contributed by atoms with Crippen molar-refractivity contribution in [1.29, 1.82) is 0 Å². The molecule has 1 N–H and O–H groups in total. The minimum Gasteiger partial charge on any atom is -0.508 e. The maximum absolute atomic E-state index is 12.5. The number of aromatic nitrogens is 1. The van der Waals surface area contributed by atoms with Gasteiger partial charge in [-0.1, -0.05) is 11.3 Å². The molecule has 0 fully saturated rings. The Hall–Kier alpha value is -1.42. The van der Waals surface area contributed by atoms with E-state index in [-0.39, 0.29) is 5.75 Å². The highest BCUT2D eigenvalue weighted by Gasteiger charge is 2.03. The first-order valence-corrected chi connectivity index (χ1v) is 4.41. The maximum atomic E-state index is 12.5. The Balaban J connectivity index is 2.41. The second-order valence-electron chi connectivity index (χ2n) is 2.45. The zero-order valence-corrected chi connectivity index (χ0v) is 7.31. The Morgan fingerprint density at radius 3 is 2.54 bits per heavy atom. The fourth-order valence-electron chi connectivity index (χ4n) is 0.953. The van der Waals surface area contributed by atoms with Gasteiger partial charge in [-0.25, -0.2) is 4.98 Å². The summed E-state index contributed by atoms with van der Waals surface area (Å²) in [7, 11) is 0. The third kappa shape index (κ3) is 1.67. The minimum absolute atomic E-state index is 0.185. The lowest BCUT2D eigenvalue weighted by Gasteiger charge is -1.94. The smallest absolute Gasteiger partial charge is 0.206 e. The van der Waals surface area contributed by atoms with Crippen LogP contribution < -0.4 is 0 Å². The Labute approximate surface area is 78.3 Å². The third-order valence-electron chi connectivity index (χ3n) is 1.55. The Kier molecular flexibility index (Phi) is 1.98. The molecule has 0 unspecified atom stereocenters. The van der Waals surface area contributed by atoms with Gasteiger partial charge in [0.15, 0.2) is 0 Å². The Morgan fingerprint density at radius 1 is 1.31 bits per heavy atom. The van der Waals surface area contributed by atoms with Crippen LogP contribution in [0, 0.1) is 11.3 Å². The fourth-order valence-corrected chi connectivity index (χ4v) is 1.56. The summed E-state index contributed by atoms with van der Waals surface area (Å²) in [6, 6.07) is 6.44. The van der Waals surface area contributed by atoms with E-state index in [0.29, 0.717) is 5.01 Å². The number of aromatic hydroxyl groups is 1. The number of thiazole rings is 1. The van der Waals surface area contributed by atoms with Gasteiger partial charge < -0.3 is 5.11 Å². The summed E-state index contributed by atoms with van der Waals surface area (Å²) >= 11 is 0.932. The molecule has 0 atom stereocenters. The van der Waals surface area contributed by atoms with Crippen molar-refractivity contribution in [3.05, 3.63) is 35.6 Å². The standard InChI is InChI=1S/C9H5FNOS/c10-8-5-11-9(13-8)6-1-3-7(12)4-2-6/h1-4,12H. The van der Waals surface area contributed by atoms with Crippen molar-refractivity contribution in [2.75, 3.05) is 0 Å². The van der Waals surface area contributed by atoms with E-state index in [1.165, 1.54) is 12.1 Å². The fraction of sp³-hybridized carbons (Fsp3) is 0. The zero-order valence-electron chi connectivity index (χ0n) is 6.49. The van der Waals surface area contributed by atoms with E-state index < -0.39 is 5.13 Å². The lowest BCUT2D eigenvalue weighted by molar-refractivity contribution is 0.475. The number of phenolic OH excluding ortho intramolecular Hbond substituents is 1. The highest BCUT2D eigenvalue weighted by molar-refractivity contribution is 7.13. The number of halogens is 1. The van der Waals surface area contributed by atoms with Crippen molar-refractivity contribution in [3.8, 4) is 16.3 Å². The normalized spacial score (nSPS) is 10.2. The summed E-state index contributed by atoms with van der Waals surface area (Å²) < 4.78 is 12.5. The topological polar surface area (TPSA) is 33.1 Å². The van der Waals surface area contributed by atoms with Gasteiger partial charge in [0.2, 0.25) is 5.13 Å². The van der Waals surface area contributed by atoms with Crippen LogP contribution in [0.15, 0.2) is 24.3 Å². The molecule has 1 aromatic carbocycles. The molecule has 0 saturated heterocycles. The van der Waals surface area contributed by atoms with E-state index in [2.05, 4.69) is 11.2 Å². The molecule has 0 aliphatic carbocycles. The average Bonchev–Trinajstić information content (AvgIpc) is 2.53. The van der Waals surface area contributed by atoms with E-state index in [4.69, 9.17) is 5.11 Å². The largest absolute Gasteiger partial charge is 0.508 e. The van der Waals surface area contributed by atoms with Gasteiger partial charge in [0.05, 0.1) is 0 Å². The molecule has 0 saturated carbocycles. The molecule has 2 aromatic rings. The second kappa shape index (κ2) is 3.14. The van der Waals surface area contributed by atoms with Crippen LogP contribution in [0.5, 0.6) is 5.75 Å². The molecule has 1 heterocycles. The minimum atomic E-state index is -0.428. The van der Waals surface area contributed by atoms with E-state index in [1.54, 1.807) is 12.1 Å². The van der Waals surface area contributed by atoms with E-state index in [0.717, 1.165) is 16.9 Å². The summed E-state index contributed by atoms with van der Waals surface area (Å²) in [4.78, 5) is 3.75. The molecule has 13 heavy (non-hydrogen) atoms. The first-order chi connectivity index (χ1) is 6.25. The number of benzene rings is 1. The molecule has 0 aliphatic rings. The van der Waals surface area contributed by atoms with Gasteiger partial charge in [0.25, 0.3) is 0 Å². The maximum Gasteiger partial charge on any atom is 0.206 e. The molecule has 65 valence electrons. The van der Waals surface area contributed by atoms with Crippen molar-refractivity contribution in [1.82, 2.24) is 4.98 Å². The molecule has 0 aliphatic heterocycles. The van der Waals surface area contributed by atoms with E-state index >= 15 is 0 Å². The van der Waals surface area contributed by atoms with Gasteiger partial charge in [0.1, 0.15) is 17.0 Å². The van der Waals surface area contributed by atoms with Crippen LogP contribution >= 0.6 is 11.3 Å². The van der Waals surface area contributed by atoms with Crippen molar-refractivity contribution in [3.63, 3.8) is 0 Å². The molecule has 0 spiro atoms. The second-order valence-corrected chi connectivity index (χ2v) is 3.40. The highest BCUT2D eigenvalue weighted by atomic mass is 32.1. The summed E-state index contributed by atoms with van der Waals surface area (Å²) in [5, 5.41) is 9.15. The van der Waals surface area contributed by atoms with Crippen molar-refractivity contribution >= 4 is 11.3 Å². The third-order valence-corrected chi connectivity index (χ3v) is 2.34. The summed E-state index contributed by atoms with van der Waals surface area (Å²) in [5.74, 6) is 0.185. The van der Waals surface area contributed by atoms with Crippen molar-refractivity contribution in [2.24, 2.45) is 0 Å². The van der Waals surface area contributed by atoms with Gasteiger partial charge in [-0.15, -0.1) is 0 Å². The summed E-state index contributed by atoms with van der Waals surface area (Å²) in [5.41, 5.74) is 0.781. The summed E-state index contributed by atoms with van der Waals surface area (Å²) in [6.45, 7) is 0. The first-order valence-electron chi connectivity index (χ1n) is 3.59. The first kappa shape index (κ1) is 8.19. The lowest BCUT2D eigenvalue weighted by atomic mass is 10.2. The van der Waals surface area contributed by atoms with Crippen molar-refractivity contribution in [2.45, 2.75) is 0 Å². The van der Waals surface area contributed by atoms with E-state index in [1.807, 2.05) is 0 Å². The van der Waals surface area contributed by atoms with Gasteiger partial charge in [0, 0.05) is 5.56 Å². The van der Waals surface area contributed by atoms with Crippen molar-refractivity contribution < 1.29 is 9.50 Å². The Bertz CT molecular complexity index is 410. The predicted molar refractivity (Wildman–Crippen MR) is 48.0 cm³/mol. The molecule has 0 amide bonds. The average molecular weight is 194 g/mol. The molecule has 1 aromatic heterocycles. The van der Waals surface area contributed by atoms with Crippen LogP contribution in [0.4, 0.5) is 4.39 Å². The molecule has 0 bridgehead atoms. The number of nitrogens with zero attached hydrogens (tertiary/aromatic N) is 1. The van der Waals surface area contributed by atoms with Gasteiger partial charge in [-0.3, -0.25) is 0 Å². The zero-order chi connectivity index (χ0) is 9.26. The number of phenols is 1. The monoisotopic (exact) mass is 194 g/mol. The van der Waals surface area contributed by atoms with E-state index in [9.17, 15) is 4.39 Å². The van der Waals surface area contributed by atoms with Crippen LogP contribution in [0.25, 0.3) is 10.6 Å². The predicted octanol–water partition coefficient (Wildman–Crippen LogP) is 2.45. The molecular weight excluding hydrogens is 189 g/mol. The van der Waals surface area contributed by atoms with Gasteiger partial charge >= 0.3 is 0 Å². The SMILES string of the molecule is Oc1ccc(-c2n[c]c(F)s2)cc1. The highest BCUT2D eigenvalue weighted by Crippen LogP contribution is 2.25. The van der Waals surface area contributed by atoms with Crippen LogP contribution in [0.1, 0.15) is 0 Å². The molecular formula is C9H5FNOS. The molecule has 1 radical (unpaired) electrons. The number of rotatable bonds is 1. The van der Waals surface area contributed by atoms with Crippen LogP contribution in [-0.4, -0.2) is 10.1 Å². The van der Waals surface area contributed by atoms with Gasteiger partial charge in [-0.05, 0) is 24.3 Å².